The highest BCUT2D eigenvalue weighted by atomic mass is 16.5. The normalized spacial score (nSPS) is 14.6. The number of carboxylic acid groups (broad SMARTS) is 1. The SMILES string of the molecule is O=C(O)c1ccc(B(O)O)cc1OC1CC1. The zero-order valence-corrected chi connectivity index (χ0v) is 8.46. The Hall–Kier alpha value is -1.53. The molecule has 2 rings (SSSR count). The van der Waals surface area contributed by atoms with Crippen LogP contribution < -0.4 is 10.2 Å². The number of aromatic carboxylic acids is 1. The molecule has 16 heavy (non-hydrogen) atoms. The average molecular weight is 222 g/mol. The molecule has 3 N–H and O–H groups in total. The summed E-state index contributed by atoms with van der Waals surface area (Å²) in [5.74, 6) is -0.893. The van der Waals surface area contributed by atoms with Crippen LogP contribution in [0.2, 0.25) is 0 Å². The van der Waals surface area contributed by atoms with E-state index in [-0.39, 0.29) is 22.9 Å². The van der Waals surface area contributed by atoms with Crippen LogP contribution in [0.15, 0.2) is 18.2 Å². The van der Waals surface area contributed by atoms with Gasteiger partial charge in [-0.1, -0.05) is 6.07 Å². The predicted octanol–water partition coefficient (Wildman–Crippen LogP) is -0.394. The molecule has 0 bridgehead atoms. The van der Waals surface area contributed by atoms with E-state index in [0.717, 1.165) is 12.8 Å². The summed E-state index contributed by atoms with van der Waals surface area (Å²) in [6.07, 6.45) is 1.87. The van der Waals surface area contributed by atoms with Crippen LogP contribution in [0.1, 0.15) is 23.2 Å². The summed E-state index contributed by atoms with van der Waals surface area (Å²) in [4.78, 5) is 10.9. The predicted molar refractivity (Wildman–Crippen MR) is 56.9 cm³/mol. The summed E-state index contributed by atoms with van der Waals surface area (Å²) >= 11 is 0. The zero-order chi connectivity index (χ0) is 11.7. The van der Waals surface area contributed by atoms with E-state index in [1.165, 1.54) is 18.2 Å². The molecular weight excluding hydrogens is 211 g/mol. The van der Waals surface area contributed by atoms with E-state index in [9.17, 15) is 4.79 Å². The van der Waals surface area contributed by atoms with Crippen LogP contribution in [0.4, 0.5) is 0 Å². The third-order valence-corrected chi connectivity index (χ3v) is 2.35. The Bertz CT molecular complexity index is 414. The molecule has 1 saturated carbocycles. The second-order valence-electron chi connectivity index (χ2n) is 3.75. The molecule has 0 aromatic heterocycles. The zero-order valence-electron chi connectivity index (χ0n) is 8.46. The quantitative estimate of drug-likeness (QED) is 0.603. The largest absolute Gasteiger partial charge is 0.490 e. The van der Waals surface area contributed by atoms with E-state index >= 15 is 0 Å². The first-order valence-corrected chi connectivity index (χ1v) is 4.98. The highest BCUT2D eigenvalue weighted by Gasteiger charge is 2.26. The van der Waals surface area contributed by atoms with Crippen LogP contribution in [-0.4, -0.2) is 34.3 Å². The smallest absolute Gasteiger partial charge is 0.488 e. The standard InChI is InChI=1S/C10H11BO5/c12-10(13)8-4-1-6(11(14)15)5-9(8)16-7-2-3-7/h1,4-5,7,14-15H,2-3H2,(H,12,13). The van der Waals surface area contributed by atoms with E-state index < -0.39 is 13.1 Å². The molecule has 0 saturated heterocycles. The van der Waals surface area contributed by atoms with E-state index in [1.807, 2.05) is 0 Å². The van der Waals surface area contributed by atoms with Crippen molar-refractivity contribution in [3.63, 3.8) is 0 Å². The van der Waals surface area contributed by atoms with Crippen LogP contribution in [0, 0.1) is 0 Å². The molecule has 1 aromatic carbocycles. The molecule has 1 fully saturated rings. The molecule has 1 aliphatic rings. The summed E-state index contributed by atoms with van der Waals surface area (Å²) < 4.78 is 5.41. The van der Waals surface area contributed by atoms with Gasteiger partial charge >= 0.3 is 13.1 Å². The van der Waals surface area contributed by atoms with Gasteiger partial charge in [-0.05, 0) is 30.4 Å². The van der Waals surface area contributed by atoms with Crippen molar-refractivity contribution in [2.75, 3.05) is 0 Å². The van der Waals surface area contributed by atoms with E-state index in [0.29, 0.717) is 0 Å². The van der Waals surface area contributed by atoms with Gasteiger partial charge in [0.1, 0.15) is 11.3 Å². The van der Waals surface area contributed by atoms with Gasteiger partial charge in [-0.3, -0.25) is 0 Å². The van der Waals surface area contributed by atoms with Crippen LogP contribution in [0.3, 0.4) is 0 Å². The molecule has 0 spiro atoms. The summed E-state index contributed by atoms with van der Waals surface area (Å²) in [5.41, 5.74) is 0.261. The molecule has 5 nitrogen and oxygen atoms in total. The Labute approximate surface area is 92.4 Å². The minimum absolute atomic E-state index is 0.0382. The van der Waals surface area contributed by atoms with Gasteiger partial charge in [0.05, 0.1) is 6.10 Å². The minimum Gasteiger partial charge on any atom is -0.490 e. The third kappa shape index (κ3) is 2.34. The Morgan fingerprint density at radius 1 is 1.38 bits per heavy atom. The minimum atomic E-state index is -1.62. The van der Waals surface area contributed by atoms with E-state index in [2.05, 4.69) is 0 Å². The number of benzene rings is 1. The summed E-state index contributed by atoms with van der Waals surface area (Å²) in [5, 5.41) is 26.9. The van der Waals surface area contributed by atoms with Crippen LogP contribution in [0.25, 0.3) is 0 Å². The molecule has 0 heterocycles. The fourth-order valence-electron chi connectivity index (χ4n) is 1.34. The van der Waals surface area contributed by atoms with Crippen molar-refractivity contribution in [3.05, 3.63) is 23.8 Å². The maximum Gasteiger partial charge on any atom is 0.488 e. The number of hydrogen-bond donors (Lipinski definition) is 3. The first-order valence-electron chi connectivity index (χ1n) is 4.98. The summed E-state index contributed by atoms with van der Waals surface area (Å²) in [7, 11) is -1.62. The number of hydrogen-bond acceptors (Lipinski definition) is 4. The van der Waals surface area contributed by atoms with Gasteiger partial charge in [0.2, 0.25) is 0 Å². The Kier molecular flexibility index (Phi) is 2.85. The lowest BCUT2D eigenvalue weighted by atomic mass is 9.80. The molecule has 84 valence electrons. The number of carboxylic acids is 1. The van der Waals surface area contributed by atoms with Gasteiger partial charge in [0, 0.05) is 0 Å². The van der Waals surface area contributed by atoms with Gasteiger partial charge in [-0.15, -0.1) is 0 Å². The highest BCUT2D eigenvalue weighted by Crippen LogP contribution is 2.28. The molecule has 0 unspecified atom stereocenters. The molecule has 1 aliphatic carbocycles. The lowest BCUT2D eigenvalue weighted by Gasteiger charge is -2.09. The Morgan fingerprint density at radius 2 is 2.06 bits per heavy atom. The Balaban J connectivity index is 2.33. The van der Waals surface area contributed by atoms with Crippen LogP contribution >= 0.6 is 0 Å². The molecular formula is C10H11BO5. The summed E-state index contributed by atoms with van der Waals surface area (Å²) in [6.45, 7) is 0. The molecule has 0 aliphatic heterocycles. The van der Waals surface area contributed by atoms with Crippen molar-refractivity contribution in [3.8, 4) is 5.75 Å². The average Bonchev–Trinajstić information content (AvgIpc) is 3.01. The van der Waals surface area contributed by atoms with Crippen LogP contribution in [-0.2, 0) is 0 Å². The van der Waals surface area contributed by atoms with Gasteiger partial charge in [0.15, 0.2) is 0 Å². The van der Waals surface area contributed by atoms with Crippen molar-refractivity contribution in [2.24, 2.45) is 0 Å². The summed E-state index contributed by atoms with van der Waals surface area (Å²) in [6, 6.07) is 4.02. The van der Waals surface area contributed by atoms with Gasteiger partial charge in [0.25, 0.3) is 0 Å². The number of rotatable bonds is 4. The molecule has 0 atom stereocenters. The Morgan fingerprint density at radius 3 is 2.56 bits per heavy atom. The molecule has 0 amide bonds. The molecule has 1 aromatic rings. The molecule has 6 heteroatoms. The maximum absolute atomic E-state index is 10.9. The van der Waals surface area contributed by atoms with Crippen molar-refractivity contribution < 1.29 is 24.7 Å². The van der Waals surface area contributed by atoms with Gasteiger partial charge in [-0.25, -0.2) is 4.79 Å². The van der Waals surface area contributed by atoms with Gasteiger partial charge in [-0.2, -0.15) is 0 Å². The molecule has 0 radical (unpaired) electrons. The first-order chi connectivity index (χ1) is 7.58. The monoisotopic (exact) mass is 222 g/mol. The first kappa shape index (κ1) is 11.0. The second kappa shape index (κ2) is 4.15. The topological polar surface area (TPSA) is 87.0 Å². The lowest BCUT2D eigenvalue weighted by Crippen LogP contribution is -2.30. The van der Waals surface area contributed by atoms with Crippen molar-refractivity contribution in [1.29, 1.82) is 0 Å². The number of ether oxygens (including phenoxy) is 1. The fourth-order valence-corrected chi connectivity index (χ4v) is 1.34. The second-order valence-corrected chi connectivity index (χ2v) is 3.75. The third-order valence-electron chi connectivity index (χ3n) is 2.35. The lowest BCUT2D eigenvalue weighted by molar-refractivity contribution is 0.0692. The van der Waals surface area contributed by atoms with E-state index in [4.69, 9.17) is 19.9 Å². The van der Waals surface area contributed by atoms with Crippen molar-refractivity contribution in [2.45, 2.75) is 18.9 Å². The number of carbonyl (C=O) groups is 1. The highest BCUT2D eigenvalue weighted by molar-refractivity contribution is 6.58. The van der Waals surface area contributed by atoms with Crippen molar-refractivity contribution >= 4 is 18.6 Å². The van der Waals surface area contributed by atoms with Crippen LogP contribution in [0.5, 0.6) is 5.75 Å². The van der Waals surface area contributed by atoms with Gasteiger partial charge < -0.3 is 19.9 Å². The van der Waals surface area contributed by atoms with E-state index in [1.54, 1.807) is 0 Å². The maximum atomic E-state index is 10.9. The fraction of sp³-hybridized carbons (Fsp3) is 0.300. The van der Waals surface area contributed by atoms with Crippen molar-refractivity contribution in [1.82, 2.24) is 0 Å².